The molecule has 0 saturated carbocycles. The third-order valence-electron chi connectivity index (χ3n) is 4.96. The number of nitrogens with one attached hydrogen (secondary N) is 1. The molecule has 1 atom stereocenters. The summed E-state index contributed by atoms with van der Waals surface area (Å²) < 4.78 is 25.8. The molecular weight excluding hydrogens is 374 g/mol. The van der Waals surface area contributed by atoms with E-state index in [2.05, 4.69) is 10.4 Å². The Labute approximate surface area is 164 Å². The van der Waals surface area contributed by atoms with Gasteiger partial charge in [0.15, 0.2) is 9.84 Å². The van der Waals surface area contributed by atoms with Crippen LogP contribution in [0.3, 0.4) is 0 Å². The van der Waals surface area contributed by atoms with Crippen molar-refractivity contribution in [3.8, 4) is 5.69 Å². The summed E-state index contributed by atoms with van der Waals surface area (Å²) in [4.78, 5) is 13.1. The lowest BCUT2D eigenvalue weighted by molar-refractivity contribution is -0.117. The largest absolute Gasteiger partial charge is 0.310 e. The number of fused-ring (bicyclic) bond motifs is 1. The van der Waals surface area contributed by atoms with Crippen LogP contribution in [0.4, 0.5) is 5.82 Å². The summed E-state index contributed by atoms with van der Waals surface area (Å²) in [6.45, 7) is 1.96. The molecule has 0 aliphatic carbocycles. The van der Waals surface area contributed by atoms with Crippen molar-refractivity contribution in [1.82, 2.24) is 9.78 Å². The minimum atomic E-state index is -3.22. The molecule has 2 aromatic carbocycles. The number of para-hydroxylation sites is 1. The van der Waals surface area contributed by atoms with Crippen LogP contribution in [0, 0.1) is 0 Å². The molecule has 0 saturated heterocycles. The van der Waals surface area contributed by atoms with Crippen LogP contribution < -0.4 is 5.32 Å². The maximum Gasteiger partial charge on any atom is 0.233 e. The highest BCUT2D eigenvalue weighted by Crippen LogP contribution is 2.34. The van der Waals surface area contributed by atoms with E-state index in [9.17, 15) is 13.2 Å². The Morgan fingerprint density at radius 1 is 1.07 bits per heavy atom. The van der Waals surface area contributed by atoms with Gasteiger partial charge in [-0.25, -0.2) is 13.1 Å². The number of benzene rings is 2. The number of nitrogens with zero attached hydrogens (tertiary/aromatic N) is 2. The van der Waals surface area contributed by atoms with Crippen LogP contribution in [-0.4, -0.2) is 24.1 Å². The molecule has 0 radical (unpaired) electrons. The number of anilines is 1. The van der Waals surface area contributed by atoms with Gasteiger partial charge in [0.25, 0.3) is 0 Å². The molecule has 1 aliphatic rings. The predicted octanol–water partition coefficient (Wildman–Crippen LogP) is 3.43. The fraction of sp³-hybridized carbons (Fsp3) is 0.238. The minimum Gasteiger partial charge on any atom is -0.310 e. The number of carbonyl (C=O) groups is 1. The van der Waals surface area contributed by atoms with Gasteiger partial charge in [-0.15, -0.1) is 0 Å². The second kappa shape index (κ2) is 7.24. The SMILES string of the molecule is CCC(C(=O)Nc1c2c(nn1-c1ccccc1)CS(=O)(=O)C2)c1ccccc1. The van der Waals surface area contributed by atoms with Crippen molar-refractivity contribution in [2.24, 2.45) is 0 Å². The molecule has 2 heterocycles. The summed E-state index contributed by atoms with van der Waals surface area (Å²) in [7, 11) is -3.22. The zero-order valence-corrected chi connectivity index (χ0v) is 16.3. The standard InChI is InChI=1S/C21H21N3O3S/c1-2-17(15-9-5-3-6-10-15)21(25)22-20-18-13-28(26,27)14-19(18)23-24(20)16-11-7-4-8-12-16/h3-12,17H,2,13-14H2,1H3,(H,22,25). The Kier molecular flexibility index (Phi) is 4.77. The summed E-state index contributed by atoms with van der Waals surface area (Å²) >= 11 is 0. The van der Waals surface area contributed by atoms with Gasteiger partial charge in [-0.05, 0) is 24.1 Å². The molecule has 0 bridgehead atoms. The van der Waals surface area contributed by atoms with Crippen molar-refractivity contribution in [3.05, 3.63) is 77.5 Å². The van der Waals surface area contributed by atoms with E-state index in [4.69, 9.17) is 0 Å². The Hall–Kier alpha value is -2.93. The molecule has 6 nitrogen and oxygen atoms in total. The summed E-state index contributed by atoms with van der Waals surface area (Å²) in [5, 5.41) is 7.46. The molecule has 1 unspecified atom stereocenters. The van der Waals surface area contributed by atoms with E-state index in [0.29, 0.717) is 23.5 Å². The fourth-order valence-corrected chi connectivity index (χ4v) is 5.08. The Morgan fingerprint density at radius 3 is 2.36 bits per heavy atom. The number of hydrogen-bond donors (Lipinski definition) is 1. The highest BCUT2D eigenvalue weighted by atomic mass is 32.2. The molecule has 144 valence electrons. The average molecular weight is 395 g/mol. The van der Waals surface area contributed by atoms with Crippen molar-refractivity contribution >= 4 is 21.6 Å². The first kappa shape index (κ1) is 18.4. The number of hydrogen-bond acceptors (Lipinski definition) is 4. The average Bonchev–Trinajstić information content (AvgIpc) is 3.16. The van der Waals surface area contributed by atoms with E-state index in [1.54, 1.807) is 4.68 Å². The van der Waals surface area contributed by atoms with Crippen LogP contribution in [0.1, 0.15) is 36.1 Å². The van der Waals surface area contributed by atoms with Gasteiger partial charge in [-0.2, -0.15) is 5.10 Å². The van der Waals surface area contributed by atoms with Gasteiger partial charge in [0.2, 0.25) is 5.91 Å². The van der Waals surface area contributed by atoms with Crippen molar-refractivity contribution in [1.29, 1.82) is 0 Å². The molecule has 3 aromatic rings. The van der Waals surface area contributed by atoms with Crippen LogP contribution in [-0.2, 0) is 26.1 Å². The lowest BCUT2D eigenvalue weighted by Gasteiger charge is -2.17. The molecular formula is C21H21N3O3S. The van der Waals surface area contributed by atoms with Gasteiger partial charge >= 0.3 is 0 Å². The quantitative estimate of drug-likeness (QED) is 0.718. The molecule has 1 amide bonds. The predicted molar refractivity (Wildman–Crippen MR) is 108 cm³/mol. The maximum atomic E-state index is 13.1. The zero-order valence-electron chi connectivity index (χ0n) is 15.5. The van der Waals surface area contributed by atoms with Gasteiger partial charge in [-0.3, -0.25) is 4.79 Å². The lowest BCUT2D eigenvalue weighted by atomic mass is 9.95. The normalized spacial score (nSPS) is 15.8. The number of carbonyl (C=O) groups excluding carboxylic acids is 1. The number of rotatable bonds is 5. The molecule has 0 spiro atoms. The minimum absolute atomic E-state index is 0.0963. The Balaban J connectivity index is 1.73. The summed E-state index contributed by atoms with van der Waals surface area (Å²) in [6.07, 6.45) is 0.635. The van der Waals surface area contributed by atoms with Crippen LogP contribution in [0.5, 0.6) is 0 Å². The maximum absolute atomic E-state index is 13.1. The van der Waals surface area contributed by atoms with E-state index >= 15 is 0 Å². The first-order valence-electron chi connectivity index (χ1n) is 9.21. The Bertz CT molecular complexity index is 1110. The molecule has 7 heteroatoms. The van der Waals surface area contributed by atoms with Gasteiger partial charge in [0, 0.05) is 5.56 Å². The summed E-state index contributed by atoms with van der Waals surface area (Å²) in [6, 6.07) is 19.0. The van der Waals surface area contributed by atoms with E-state index in [-0.39, 0.29) is 23.3 Å². The molecule has 4 rings (SSSR count). The lowest BCUT2D eigenvalue weighted by Crippen LogP contribution is -2.23. The fourth-order valence-electron chi connectivity index (χ4n) is 3.59. The second-order valence-electron chi connectivity index (χ2n) is 6.91. The molecule has 1 aliphatic heterocycles. The van der Waals surface area contributed by atoms with E-state index in [0.717, 1.165) is 11.3 Å². The Morgan fingerprint density at radius 2 is 1.71 bits per heavy atom. The zero-order chi connectivity index (χ0) is 19.7. The van der Waals surface area contributed by atoms with E-state index < -0.39 is 9.84 Å². The number of sulfone groups is 1. The molecule has 1 N–H and O–H groups in total. The van der Waals surface area contributed by atoms with Gasteiger partial charge in [-0.1, -0.05) is 55.5 Å². The van der Waals surface area contributed by atoms with Crippen LogP contribution in [0.15, 0.2) is 60.7 Å². The molecule has 28 heavy (non-hydrogen) atoms. The number of aromatic nitrogens is 2. The highest BCUT2D eigenvalue weighted by molar-refractivity contribution is 7.90. The van der Waals surface area contributed by atoms with E-state index in [1.807, 2.05) is 67.6 Å². The first-order chi connectivity index (χ1) is 13.5. The van der Waals surface area contributed by atoms with Crippen LogP contribution in [0.25, 0.3) is 5.69 Å². The smallest absolute Gasteiger partial charge is 0.233 e. The highest BCUT2D eigenvalue weighted by Gasteiger charge is 2.34. The second-order valence-corrected chi connectivity index (χ2v) is 8.98. The molecule has 1 aromatic heterocycles. The van der Waals surface area contributed by atoms with Gasteiger partial charge < -0.3 is 5.32 Å². The van der Waals surface area contributed by atoms with Crippen molar-refractivity contribution in [2.45, 2.75) is 30.8 Å². The monoisotopic (exact) mass is 395 g/mol. The third-order valence-corrected chi connectivity index (χ3v) is 6.40. The topological polar surface area (TPSA) is 81.1 Å². The van der Waals surface area contributed by atoms with Crippen molar-refractivity contribution in [3.63, 3.8) is 0 Å². The van der Waals surface area contributed by atoms with Crippen LogP contribution in [0.2, 0.25) is 0 Å². The van der Waals surface area contributed by atoms with Crippen LogP contribution >= 0.6 is 0 Å². The van der Waals surface area contributed by atoms with Gasteiger partial charge in [0.05, 0.1) is 28.8 Å². The summed E-state index contributed by atoms with van der Waals surface area (Å²) in [5.74, 6) is -0.248. The van der Waals surface area contributed by atoms with Crippen molar-refractivity contribution < 1.29 is 13.2 Å². The number of amides is 1. The van der Waals surface area contributed by atoms with E-state index in [1.165, 1.54) is 0 Å². The summed E-state index contributed by atoms with van der Waals surface area (Å²) in [5.41, 5.74) is 2.79. The third kappa shape index (κ3) is 3.45. The van der Waals surface area contributed by atoms with Crippen molar-refractivity contribution in [2.75, 3.05) is 5.32 Å². The molecule has 0 fully saturated rings. The van der Waals surface area contributed by atoms with Gasteiger partial charge in [0.1, 0.15) is 5.82 Å². The first-order valence-corrected chi connectivity index (χ1v) is 11.0.